The molecule has 0 aliphatic carbocycles. The average molecular weight is 560 g/mol. The zero-order valence-electron chi connectivity index (χ0n) is 15.9. The second kappa shape index (κ2) is 9.30. The number of carbonyl (C=O) groups is 2. The molecule has 0 amide bonds. The van der Waals surface area contributed by atoms with Gasteiger partial charge in [0.15, 0.2) is 12.4 Å². The lowest BCUT2D eigenvalue weighted by atomic mass is 10.0. The van der Waals surface area contributed by atoms with Gasteiger partial charge in [0.1, 0.15) is 0 Å². The summed E-state index contributed by atoms with van der Waals surface area (Å²) in [5, 5.41) is 1.17. The summed E-state index contributed by atoms with van der Waals surface area (Å²) >= 11 is 12.7. The first kappa shape index (κ1) is 21.7. The third-order valence-electron chi connectivity index (χ3n) is 4.63. The number of fused-ring (bicyclic) bond motifs is 1. The third-order valence-corrected chi connectivity index (χ3v) is 5.91. The van der Waals surface area contributed by atoms with Crippen molar-refractivity contribution in [1.29, 1.82) is 0 Å². The summed E-state index contributed by atoms with van der Waals surface area (Å²) in [6, 6.07) is 21.3. The van der Waals surface area contributed by atoms with Crippen LogP contribution in [0.15, 0.2) is 81.7 Å². The number of hydrogen-bond donors (Lipinski definition) is 0. The highest BCUT2D eigenvalue weighted by Gasteiger charge is 2.17. The van der Waals surface area contributed by atoms with Crippen LogP contribution in [0.5, 0.6) is 0 Å². The molecule has 3 aromatic carbocycles. The van der Waals surface area contributed by atoms with Crippen molar-refractivity contribution in [3.8, 4) is 11.3 Å². The van der Waals surface area contributed by atoms with Gasteiger partial charge in [-0.1, -0.05) is 55.6 Å². The van der Waals surface area contributed by atoms with Crippen LogP contribution >= 0.6 is 43.5 Å². The van der Waals surface area contributed by atoms with Crippen LogP contribution in [0, 0.1) is 0 Å². The number of aromatic nitrogens is 1. The highest BCUT2D eigenvalue weighted by Crippen LogP contribution is 2.28. The number of ketones is 1. The van der Waals surface area contributed by atoms with E-state index in [0.29, 0.717) is 32.7 Å². The Hall–Kier alpha value is -2.54. The molecule has 0 radical (unpaired) electrons. The van der Waals surface area contributed by atoms with E-state index in [-0.39, 0.29) is 12.4 Å². The number of nitrogens with zero attached hydrogens (tertiary/aromatic N) is 1. The Labute approximate surface area is 200 Å². The minimum absolute atomic E-state index is 0.308. The van der Waals surface area contributed by atoms with E-state index in [1.807, 2.05) is 42.5 Å². The molecule has 4 nitrogen and oxygen atoms in total. The second-order valence-electron chi connectivity index (χ2n) is 6.73. The first-order valence-electron chi connectivity index (χ1n) is 9.23. The summed E-state index contributed by atoms with van der Waals surface area (Å²) in [6.07, 6.45) is 0. The number of halogens is 3. The standard InChI is InChI=1S/C24H14Br2ClNO3/c25-16-5-1-14(2-6-16)22-12-20(19-11-17(26)7-10-21(19)28-22)24(30)31-13-23(29)15-3-8-18(27)9-4-15/h1-12H,13H2. The number of ether oxygens (including phenoxy) is 1. The molecule has 1 heterocycles. The lowest BCUT2D eigenvalue weighted by Crippen LogP contribution is -2.15. The summed E-state index contributed by atoms with van der Waals surface area (Å²) in [7, 11) is 0. The van der Waals surface area contributed by atoms with Crippen molar-refractivity contribution in [3.05, 3.63) is 97.9 Å². The van der Waals surface area contributed by atoms with Crippen LogP contribution in [0.25, 0.3) is 22.2 Å². The number of Topliss-reactive ketones (excluding diaryl/α,β-unsaturated/α-hetero) is 1. The van der Waals surface area contributed by atoms with Gasteiger partial charge in [0.25, 0.3) is 0 Å². The Kier molecular flexibility index (Phi) is 6.51. The van der Waals surface area contributed by atoms with Gasteiger partial charge >= 0.3 is 5.97 Å². The number of benzene rings is 3. The highest BCUT2D eigenvalue weighted by atomic mass is 79.9. The third kappa shape index (κ3) is 5.03. The van der Waals surface area contributed by atoms with Gasteiger partial charge in [-0.15, -0.1) is 0 Å². The molecule has 7 heteroatoms. The fourth-order valence-corrected chi connectivity index (χ4v) is 3.81. The SMILES string of the molecule is O=C(COC(=O)c1cc(-c2ccc(Br)cc2)nc2ccc(Br)cc12)c1ccc(Cl)cc1. The summed E-state index contributed by atoms with van der Waals surface area (Å²) in [5.74, 6) is -0.899. The van der Waals surface area contributed by atoms with Gasteiger partial charge in [-0.05, 0) is 60.7 Å². The molecule has 0 spiro atoms. The van der Waals surface area contributed by atoms with Crippen molar-refractivity contribution in [2.24, 2.45) is 0 Å². The first-order valence-corrected chi connectivity index (χ1v) is 11.2. The molecule has 4 aromatic rings. The van der Waals surface area contributed by atoms with Gasteiger partial charge in [-0.2, -0.15) is 0 Å². The molecule has 0 bridgehead atoms. The molecule has 0 saturated heterocycles. The predicted molar refractivity (Wildman–Crippen MR) is 129 cm³/mol. The summed E-state index contributed by atoms with van der Waals surface area (Å²) in [6.45, 7) is -0.369. The van der Waals surface area contributed by atoms with Gasteiger partial charge in [-0.3, -0.25) is 4.79 Å². The van der Waals surface area contributed by atoms with Crippen molar-refractivity contribution in [1.82, 2.24) is 4.98 Å². The molecule has 0 unspecified atom stereocenters. The minimum atomic E-state index is -0.592. The maximum atomic E-state index is 13.0. The Morgan fingerprint density at radius 3 is 2.26 bits per heavy atom. The molecule has 4 rings (SSSR count). The highest BCUT2D eigenvalue weighted by molar-refractivity contribution is 9.10. The van der Waals surface area contributed by atoms with Crippen molar-refractivity contribution in [3.63, 3.8) is 0 Å². The fourth-order valence-electron chi connectivity index (χ4n) is 3.06. The van der Waals surface area contributed by atoms with E-state index in [0.717, 1.165) is 14.5 Å². The van der Waals surface area contributed by atoms with Crippen LogP contribution in [0.3, 0.4) is 0 Å². The van der Waals surface area contributed by atoms with E-state index in [2.05, 4.69) is 36.8 Å². The quantitative estimate of drug-likeness (QED) is 0.193. The Morgan fingerprint density at radius 1 is 0.871 bits per heavy atom. The zero-order chi connectivity index (χ0) is 22.0. The lowest BCUT2D eigenvalue weighted by Gasteiger charge is -2.11. The molecule has 1 aromatic heterocycles. The van der Waals surface area contributed by atoms with Crippen LogP contribution in [0.2, 0.25) is 5.02 Å². The maximum Gasteiger partial charge on any atom is 0.339 e. The summed E-state index contributed by atoms with van der Waals surface area (Å²) in [5.41, 5.74) is 2.92. The molecule has 0 fully saturated rings. The van der Waals surface area contributed by atoms with Crippen LogP contribution in [0.4, 0.5) is 0 Å². The van der Waals surface area contributed by atoms with Gasteiger partial charge in [-0.25, -0.2) is 9.78 Å². The smallest absolute Gasteiger partial charge is 0.339 e. The van der Waals surface area contributed by atoms with Crippen molar-refractivity contribution in [2.45, 2.75) is 0 Å². The van der Waals surface area contributed by atoms with E-state index in [9.17, 15) is 9.59 Å². The summed E-state index contributed by atoms with van der Waals surface area (Å²) < 4.78 is 7.12. The molecule has 0 saturated carbocycles. The van der Waals surface area contributed by atoms with Crippen molar-refractivity contribution < 1.29 is 14.3 Å². The molecule has 0 aliphatic heterocycles. The van der Waals surface area contributed by atoms with Gasteiger partial charge < -0.3 is 4.74 Å². The number of carbonyl (C=O) groups excluding carboxylic acids is 2. The average Bonchev–Trinajstić information content (AvgIpc) is 2.77. The van der Waals surface area contributed by atoms with Crippen LogP contribution in [-0.2, 0) is 4.74 Å². The van der Waals surface area contributed by atoms with Gasteiger partial charge in [0, 0.05) is 30.5 Å². The second-order valence-corrected chi connectivity index (χ2v) is 9.00. The number of esters is 1. The molecule has 0 atom stereocenters. The molecule has 31 heavy (non-hydrogen) atoms. The largest absolute Gasteiger partial charge is 0.454 e. The maximum absolute atomic E-state index is 13.0. The van der Waals surface area contributed by atoms with E-state index in [1.165, 1.54) is 0 Å². The lowest BCUT2D eigenvalue weighted by molar-refractivity contribution is 0.0476. The number of hydrogen-bond acceptors (Lipinski definition) is 4. The van der Waals surface area contributed by atoms with E-state index < -0.39 is 5.97 Å². The first-order chi connectivity index (χ1) is 14.9. The van der Waals surface area contributed by atoms with Crippen LogP contribution in [0.1, 0.15) is 20.7 Å². The Bertz CT molecular complexity index is 1290. The van der Waals surface area contributed by atoms with Gasteiger partial charge in [0.05, 0.1) is 16.8 Å². The molecule has 0 N–H and O–H groups in total. The minimum Gasteiger partial charge on any atom is -0.454 e. The van der Waals surface area contributed by atoms with Crippen molar-refractivity contribution >= 4 is 66.1 Å². The normalized spacial score (nSPS) is 10.8. The van der Waals surface area contributed by atoms with E-state index >= 15 is 0 Å². The van der Waals surface area contributed by atoms with E-state index in [4.69, 9.17) is 16.3 Å². The molecular formula is C24H14Br2ClNO3. The zero-order valence-corrected chi connectivity index (χ0v) is 19.9. The van der Waals surface area contributed by atoms with Gasteiger partial charge in [0.2, 0.25) is 0 Å². The number of rotatable bonds is 5. The fraction of sp³-hybridized carbons (Fsp3) is 0.0417. The van der Waals surface area contributed by atoms with Crippen LogP contribution < -0.4 is 0 Å². The Balaban J connectivity index is 1.66. The van der Waals surface area contributed by atoms with E-state index in [1.54, 1.807) is 30.3 Å². The predicted octanol–water partition coefficient (Wildman–Crippen LogP) is 7.12. The van der Waals surface area contributed by atoms with Crippen LogP contribution in [-0.4, -0.2) is 23.3 Å². The molecule has 154 valence electrons. The Morgan fingerprint density at radius 2 is 1.55 bits per heavy atom. The topological polar surface area (TPSA) is 56.3 Å². The molecule has 0 aliphatic rings. The summed E-state index contributed by atoms with van der Waals surface area (Å²) in [4.78, 5) is 30.0. The van der Waals surface area contributed by atoms with Crippen molar-refractivity contribution in [2.75, 3.05) is 6.61 Å². The molecular weight excluding hydrogens is 546 g/mol. The monoisotopic (exact) mass is 557 g/mol. The number of pyridine rings is 1.